The van der Waals surface area contributed by atoms with Gasteiger partial charge in [0.1, 0.15) is 0 Å². The topological polar surface area (TPSA) is 32.3 Å². The van der Waals surface area contributed by atoms with Crippen LogP contribution in [0.25, 0.3) is 0 Å². The molecular formula is C11H25NOS. The third kappa shape index (κ3) is 5.23. The first kappa shape index (κ1) is 14.3. The van der Waals surface area contributed by atoms with E-state index < -0.39 is 0 Å². The smallest absolute Gasteiger partial charge is 0.0431 e. The summed E-state index contributed by atoms with van der Waals surface area (Å²) in [7, 11) is 0. The third-order valence-electron chi connectivity index (χ3n) is 2.93. The van der Waals surface area contributed by atoms with Crippen molar-refractivity contribution in [2.24, 2.45) is 0 Å². The summed E-state index contributed by atoms with van der Waals surface area (Å²) in [6, 6.07) is 0. The maximum atomic E-state index is 8.63. The van der Waals surface area contributed by atoms with E-state index in [9.17, 15) is 0 Å². The van der Waals surface area contributed by atoms with Crippen molar-refractivity contribution in [3.05, 3.63) is 0 Å². The molecule has 2 N–H and O–H groups in total. The van der Waals surface area contributed by atoms with E-state index in [4.69, 9.17) is 5.11 Å². The van der Waals surface area contributed by atoms with Crippen LogP contribution >= 0.6 is 11.8 Å². The van der Waals surface area contributed by atoms with Gasteiger partial charge in [0.15, 0.2) is 0 Å². The first-order chi connectivity index (χ1) is 6.74. The molecule has 86 valence electrons. The predicted octanol–water partition coefficient (Wildman–Crippen LogP) is 2.27. The normalized spacial score (nSPS) is 12.0. The molecule has 0 amide bonds. The van der Waals surface area contributed by atoms with Gasteiger partial charge in [-0.15, -0.1) is 0 Å². The standard InChI is InChI=1S/C11H25NOS/c1-4-11(5-2,14-3)10-12-8-6-7-9-13/h12-13H,4-10H2,1-3H3. The summed E-state index contributed by atoms with van der Waals surface area (Å²) in [6.45, 7) is 6.96. The molecule has 0 aliphatic carbocycles. The molecule has 0 unspecified atom stereocenters. The van der Waals surface area contributed by atoms with Gasteiger partial charge in [0.05, 0.1) is 0 Å². The molecule has 0 saturated carbocycles. The van der Waals surface area contributed by atoms with Crippen LogP contribution in [-0.2, 0) is 0 Å². The lowest BCUT2D eigenvalue weighted by molar-refractivity contribution is 0.283. The van der Waals surface area contributed by atoms with Crippen LogP contribution in [0.15, 0.2) is 0 Å². The van der Waals surface area contributed by atoms with Crippen LogP contribution in [0.1, 0.15) is 39.5 Å². The first-order valence-corrected chi connectivity index (χ1v) is 6.84. The lowest BCUT2D eigenvalue weighted by Crippen LogP contribution is -2.37. The molecule has 0 spiro atoms. The molecular weight excluding hydrogens is 194 g/mol. The van der Waals surface area contributed by atoms with Gasteiger partial charge in [-0.25, -0.2) is 0 Å². The Morgan fingerprint density at radius 1 is 1.21 bits per heavy atom. The molecule has 0 heterocycles. The number of aliphatic hydroxyl groups excluding tert-OH is 1. The van der Waals surface area contributed by atoms with Crippen molar-refractivity contribution in [2.45, 2.75) is 44.3 Å². The van der Waals surface area contributed by atoms with Crippen LogP contribution in [0.4, 0.5) is 0 Å². The number of rotatable bonds is 9. The fourth-order valence-corrected chi connectivity index (χ4v) is 2.36. The Bertz CT molecular complexity index is 118. The molecule has 0 aliphatic rings. The van der Waals surface area contributed by atoms with Gasteiger partial charge in [0.25, 0.3) is 0 Å². The quantitative estimate of drug-likeness (QED) is 0.584. The zero-order valence-electron chi connectivity index (χ0n) is 9.81. The fourth-order valence-electron chi connectivity index (χ4n) is 1.54. The maximum Gasteiger partial charge on any atom is 0.0431 e. The van der Waals surface area contributed by atoms with Crippen molar-refractivity contribution in [3.63, 3.8) is 0 Å². The van der Waals surface area contributed by atoms with Crippen molar-refractivity contribution >= 4 is 11.8 Å². The van der Waals surface area contributed by atoms with Crippen LogP contribution in [-0.4, -0.2) is 35.8 Å². The first-order valence-electron chi connectivity index (χ1n) is 5.61. The Morgan fingerprint density at radius 2 is 1.86 bits per heavy atom. The lowest BCUT2D eigenvalue weighted by Gasteiger charge is -2.30. The largest absolute Gasteiger partial charge is 0.396 e. The van der Waals surface area contributed by atoms with Gasteiger partial charge in [0.2, 0.25) is 0 Å². The van der Waals surface area contributed by atoms with Gasteiger partial charge in [0, 0.05) is 17.9 Å². The summed E-state index contributed by atoms with van der Waals surface area (Å²) in [4.78, 5) is 0. The molecule has 0 rings (SSSR count). The van der Waals surface area contributed by atoms with E-state index in [0.29, 0.717) is 11.4 Å². The van der Waals surface area contributed by atoms with Gasteiger partial charge >= 0.3 is 0 Å². The molecule has 14 heavy (non-hydrogen) atoms. The van der Waals surface area contributed by atoms with E-state index in [1.54, 1.807) is 0 Å². The summed E-state index contributed by atoms with van der Waals surface area (Å²) in [5, 5.41) is 12.1. The highest BCUT2D eigenvalue weighted by Crippen LogP contribution is 2.29. The second-order valence-electron chi connectivity index (χ2n) is 3.70. The van der Waals surface area contributed by atoms with Gasteiger partial charge < -0.3 is 10.4 Å². The van der Waals surface area contributed by atoms with Crippen LogP contribution in [0.5, 0.6) is 0 Å². The average Bonchev–Trinajstić information content (AvgIpc) is 2.24. The highest BCUT2D eigenvalue weighted by molar-refractivity contribution is 8.00. The second kappa shape index (κ2) is 8.57. The zero-order valence-corrected chi connectivity index (χ0v) is 10.6. The molecule has 0 fully saturated rings. The van der Waals surface area contributed by atoms with Crippen LogP contribution in [0.3, 0.4) is 0 Å². The molecule has 2 nitrogen and oxygen atoms in total. The highest BCUT2D eigenvalue weighted by atomic mass is 32.2. The number of unbranched alkanes of at least 4 members (excludes halogenated alkanes) is 1. The van der Waals surface area contributed by atoms with Crippen LogP contribution < -0.4 is 5.32 Å². The Labute approximate surface area is 92.9 Å². The van der Waals surface area contributed by atoms with Gasteiger partial charge in [-0.1, -0.05) is 13.8 Å². The number of hydrogen-bond donors (Lipinski definition) is 2. The minimum absolute atomic E-state index is 0.316. The summed E-state index contributed by atoms with van der Waals surface area (Å²) >= 11 is 1.97. The van der Waals surface area contributed by atoms with E-state index in [1.165, 1.54) is 12.8 Å². The van der Waals surface area contributed by atoms with Gasteiger partial charge in [-0.3, -0.25) is 0 Å². The van der Waals surface area contributed by atoms with Gasteiger partial charge in [-0.2, -0.15) is 11.8 Å². The number of aliphatic hydroxyl groups is 1. The van der Waals surface area contributed by atoms with Crippen molar-refractivity contribution < 1.29 is 5.11 Å². The highest BCUT2D eigenvalue weighted by Gasteiger charge is 2.23. The van der Waals surface area contributed by atoms with Crippen molar-refractivity contribution in [3.8, 4) is 0 Å². The number of nitrogens with one attached hydrogen (secondary N) is 1. The molecule has 0 saturated heterocycles. The Kier molecular flexibility index (Phi) is 8.73. The molecule has 0 radical (unpaired) electrons. The third-order valence-corrected chi connectivity index (χ3v) is 4.52. The summed E-state index contributed by atoms with van der Waals surface area (Å²) < 4.78 is 0.416. The fraction of sp³-hybridized carbons (Fsp3) is 1.00. The minimum atomic E-state index is 0.316. The lowest BCUT2D eigenvalue weighted by atomic mass is 10.0. The average molecular weight is 219 g/mol. The van der Waals surface area contributed by atoms with E-state index in [-0.39, 0.29) is 0 Å². The van der Waals surface area contributed by atoms with Crippen molar-refractivity contribution in [1.82, 2.24) is 5.32 Å². The minimum Gasteiger partial charge on any atom is -0.396 e. The number of thioether (sulfide) groups is 1. The predicted molar refractivity (Wildman–Crippen MR) is 66.0 cm³/mol. The summed E-state index contributed by atoms with van der Waals surface area (Å²) in [5.74, 6) is 0. The molecule has 3 heteroatoms. The van der Waals surface area contributed by atoms with E-state index in [2.05, 4.69) is 25.4 Å². The zero-order chi connectivity index (χ0) is 10.9. The van der Waals surface area contributed by atoms with Gasteiger partial charge in [-0.05, 0) is 38.5 Å². The molecule has 0 atom stereocenters. The molecule has 0 aromatic heterocycles. The SMILES string of the molecule is CCC(CC)(CNCCCCO)SC. The van der Waals surface area contributed by atoms with Crippen molar-refractivity contribution in [2.75, 3.05) is 26.0 Å². The molecule has 0 bridgehead atoms. The van der Waals surface area contributed by atoms with Crippen molar-refractivity contribution in [1.29, 1.82) is 0 Å². The summed E-state index contributed by atoms with van der Waals surface area (Å²) in [5.41, 5.74) is 0. The van der Waals surface area contributed by atoms with E-state index in [0.717, 1.165) is 25.9 Å². The van der Waals surface area contributed by atoms with E-state index >= 15 is 0 Å². The van der Waals surface area contributed by atoms with Crippen LogP contribution in [0.2, 0.25) is 0 Å². The molecule has 0 aromatic rings. The summed E-state index contributed by atoms with van der Waals surface area (Å²) in [6.07, 6.45) is 6.63. The van der Waals surface area contributed by atoms with E-state index in [1.807, 2.05) is 11.8 Å². The Balaban J connectivity index is 3.61. The maximum absolute atomic E-state index is 8.63. The second-order valence-corrected chi connectivity index (χ2v) is 4.98. The molecule has 0 aliphatic heterocycles. The Morgan fingerprint density at radius 3 is 2.29 bits per heavy atom. The Hall–Kier alpha value is 0.270. The monoisotopic (exact) mass is 219 g/mol. The molecule has 0 aromatic carbocycles. The van der Waals surface area contributed by atoms with Crippen LogP contribution in [0, 0.1) is 0 Å². The number of hydrogen-bond acceptors (Lipinski definition) is 3.